The van der Waals surface area contributed by atoms with Crippen molar-refractivity contribution in [1.82, 2.24) is 20.4 Å². The zero-order valence-electron chi connectivity index (χ0n) is 13.5. The Balaban J connectivity index is 0.00000208. The summed E-state index contributed by atoms with van der Waals surface area (Å²) in [6, 6.07) is 10.5. The summed E-state index contributed by atoms with van der Waals surface area (Å²) in [6.45, 7) is 2.35. The molecule has 1 atom stereocenters. The van der Waals surface area contributed by atoms with E-state index in [1.807, 2.05) is 28.7 Å². The number of nitrogens with one attached hydrogen (secondary N) is 2. The first-order valence-corrected chi connectivity index (χ1v) is 9.08. The molecule has 1 saturated heterocycles. The Labute approximate surface area is 153 Å². The molecule has 5 nitrogen and oxygen atoms in total. The number of hydrogen-bond donors (Lipinski definition) is 2. The number of aromatic nitrogens is 2. The molecule has 2 aromatic rings. The lowest BCUT2D eigenvalue weighted by atomic mass is 10.1. The summed E-state index contributed by atoms with van der Waals surface area (Å²) in [4.78, 5) is 12.0. The minimum absolute atomic E-state index is 0. The maximum atomic E-state index is 12.0. The second-order valence-electron chi connectivity index (χ2n) is 5.73. The number of halogens is 1. The third kappa shape index (κ3) is 5.85. The Morgan fingerprint density at radius 3 is 2.79 bits per heavy atom. The average molecular weight is 367 g/mol. The van der Waals surface area contributed by atoms with Gasteiger partial charge in [0.05, 0.1) is 6.54 Å². The summed E-state index contributed by atoms with van der Waals surface area (Å²) in [6.07, 6.45) is 4.29. The monoisotopic (exact) mass is 366 g/mol. The SMILES string of the molecule is Cl.O=C(CC1CSCCN1)NCc1ccc(Cn2cccn2)cc1. The van der Waals surface area contributed by atoms with Crippen LogP contribution >= 0.6 is 24.2 Å². The van der Waals surface area contributed by atoms with Crippen molar-refractivity contribution in [2.24, 2.45) is 0 Å². The number of hydrogen-bond acceptors (Lipinski definition) is 4. The van der Waals surface area contributed by atoms with E-state index in [-0.39, 0.29) is 18.3 Å². The van der Waals surface area contributed by atoms with Crippen molar-refractivity contribution in [2.45, 2.75) is 25.6 Å². The summed E-state index contributed by atoms with van der Waals surface area (Å²) >= 11 is 1.91. The van der Waals surface area contributed by atoms with Crippen LogP contribution in [-0.2, 0) is 17.9 Å². The number of nitrogens with zero attached hydrogens (tertiary/aromatic N) is 2. The van der Waals surface area contributed by atoms with Crippen molar-refractivity contribution < 1.29 is 4.79 Å². The van der Waals surface area contributed by atoms with Gasteiger partial charge in [0, 0.05) is 49.5 Å². The predicted octanol–water partition coefficient (Wildman–Crippen LogP) is 2.06. The van der Waals surface area contributed by atoms with Crippen LogP contribution in [0.15, 0.2) is 42.7 Å². The van der Waals surface area contributed by atoms with E-state index < -0.39 is 0 Å². The van der Waals surface area contributed by atoms with Gasteiger partial charge in [-0.25, -0.2) is 0 Å². The Morgan fingerprint density at radius 2 is 2.12 bits per heavy atom. The van der Waals surface area contributed by atoms with Crippen LogP contribution < -0.4 is 10.6 Å². The molecule has 0 aliphatic carbocycles. The van der Waals surface area contributed by atoms with Crippen LogP contribution in [0.4, 0.5) is 0 Å². The van der Waals surface area contributed by atoms with Crippen LogP contribution in [0.5, 0.6) is 0 Å². The molecule has 2 heterocycles. The summed E-state index contributed by atoms with van der Waals surface area (Å²) in [5, 5.41) is 10.6. The van der Waals surface area contributed by atoms with Gasteiger partial charge >= 0.3 is 0 Å². The fourth-order valence-electron chi connectivity index (χ4n) is 2.59. The van der Waals surface area contributed by atoms with E-state index in [0.29, 0.717) is 19.0 Å². The van der Waals surface area contributed by atoms with Gasteiger partial charge in [-0.3, -0.25) is 9.48 Å². The molecule has 2 N–H and O–H groups in total. The van der Waals surface area contributed by atoms with Crippen molar-refractivity contribution >= 4 is 30.1 Å². The van der Waals surface area contributed by atoms with Gasteiger partial charge in [-0.1, -0.05) is 24.3 Å². The van der Waals surface area contributed by atoms with Crippen molar-refractivity contribution in [3.8, 4) is 0 Å². The van der Waals surface area contributed by atoms with Crippen LogP contribution in [0.2, 0.25) is 0 Å². The third-order valence-electron chi connectivity index (χ3n) is 3.85. The summed E-state index contributed by atoms with van der Waals surface area (Å²) < 4.78 is 1.89. The van der Waals surface area contributed by atoms with Crippen molar-refractivity contribution in [1.29, 1.82) is 0 Å². The first-order valence-electron chi connectivity index (χ1n) is 7.93. The molecular weight excluding hydrogens is 344 g/mol. The maximum Gasteiger partial charge on any atom is 0.221 e. The van der Waals surface area contributed by atoms with Crippen LogP contribution in [0.3, 0.4) is 0 Å². The molecule has 7 heteroatoms. The zero-order chi connectivity index (χ0) is 15.9. The lowest BCUT2D eigenvalue weighted by Gasteiger charge is -2.22. The normalized spacial score (nSPS) is 17.1. The van der Waals surface area contributed by atoms with Gasteiger partial charge in [-0.2, -0.15) is 16.9 Å². The molecule has 1 fully saturated rings. The fraction of sp³-hybridized carbons (Fsp3) is 0.412. The Hall–Kier alpha value is -1.50. The van der Waals surface area contributed by atoms with Gasteiger partial charge < -0.3 is 10.6 Å². The summed E-state index contributed by atoms with van der Waals surface area (Å²) in [5.41, 5.74) is 2.32. The molecule has 0 radical (unpaired) electrons. The number of carbonyl (C=O) groups excluding carboxylic acids is 1. The minimum Gasteiger partial charge on any atom is -0.352 e. The number of amides is 1. The predicted molar refractivity (Wildman–Crippen MR) is 101 cm³/mol. The van der Waals surface area contributed by atoms with Gasteiger partial charge in [-0.05, 0) is 17.2 Å². The van der Waals surface area contributed by atoms with E-state index in [1.165, 1.54) is 5.56 Å². The van der Waals surface area contributed by atoms with Crippen LogP contribution in [0, 0.1) is 0 Å². The molecule has 1 unspecified atom stereocenters. The molecular formula is C17H23ClN4OS. The third-order valence-corrected chi connectivity index (χ3v) is 4.98. The highest BCUT2D eigenvalue weighted by atomic mass is 35.5. The van der Waals surface area contributed by atoms with Gasteiger partial charge in [0.1, 0.15) is 0 Å². The molecule has 0 spiro atoms. The first kappa shape index (κ1) is 18.8. The molecule has 1 aromatic heterocycles. The lowest BCUT2D eigenvalue weighted by Crippen LogP contribution is -2.41. The van der Waals surface area contributed by atoms with Crippen molar-refractivity contribution in [3.63, 3.8) is 0 Å². The number of thioether (sulfide) groups is 1. The standard InChI is InChI=1S/C17H22N4OS.ClH/c22-17(10-16-13-23-9-7-18-16)19-11-14-2-4-15(5-3-14)12-21-8-1-6-20-21;/h1-6,8,16,18H,7,9-13H2,(H,19,22);1H. The molecule has 0 saturated carbocycles. The number of benzene rings is 1. The number of carbonyl (C=O) groups is 1. The van der Waals surface area contributed by atoms with E-state index in [2.05, 4.69) is 40.0 Å². The van der Waals surface area contributed by atoms with Crippen LogP contribution in [0.1, 0.15) is 17.5 Å². The largest absolute Gasteiger partial charge is 0.352 e. The Kier molecular flexibility index (Phi) is 7.62. The summed E-state index contributed by atoms with van der Waals surface area (Å²) in [5.74, 6) is 2.28. The van der Waals surface area contributed by atoms with E-state index in [4.69, 9.17) is 0 Å². The van der Waals surface area contributed by atoms with E-state index in [1.54, 1.807) is 6.20 Å². The van der Waals surface area contributed by atoms with Gasteiger partial charge in [0.15, 0.2) is 0 Å². The molecule has 130 valence electrons. The second kappa shape index (κ2) is 9.71. The Morgan fingerprint density at radius 1 is 1.33 bits per heavy atom. The lowest BCUT2D eigenvalue weighted by molar-refractivity contribution is -0.121. The molecule has 0 bridgehead atoms. The fourth-order valence-corrected chi connectivity index (χ4v) is 3.54. The van der Waals surface area contributed by atoms with Crippen LogP contribution in [0.25, 0.3) is 0 Å². The molecule has 1 aliphatic rings. The minimum atomic E-state index is 0. The average Bonchev–Trinajstić information content (AvgIpc) is 3.08. The quantitative estimate of drug-likeness (QED) is 0.821. The summed E-state index contributed by atoms with van der Waals surface area (Å²) in [7, 11) is 0. The molecule has 1 aromatic carbocycles. The van der Waals surface area contributed by atoms with Gasteiger partial charge in [0.25, 0.3) is 0 Å². The number of rotatable bonds is 6. The topological polar surface area (TPSA) is 59.0 Å². The first-order chi connectivity index (χ1) is 11.3. The highest BCUT2D eigenvalue weighted by molar-refractivity contribution is 7.99. The second-order valence-corrected chi connectivity index (χ2v) is 6.88. The van der Waals surface area contributed by atoms with Crippen molar-refractivity contribution in [2.75, 3.05) is 18.1 Å². The maximum absolute atomic E-state index is 12.0. The van der Waals surface area contributed by atoms with Gasteiger partial charge in [-0.15, -0.1) is 12.4 Å². The highest BCUT2D eigenvalue weighted by Crippen LogP contribution is 2.10. The molecule has 1 aliphatic heterocycles. The molecule has 1 amide bonds. The van der Waals surface area contributed by atoms with E-state index in [0.717, 1.165) is 30.2 Å². The Bertz CT molecular complexity index is 612. The molecule has 24 heavy (non-hydrogen) atoms. The highest BCUT2D eigenvalue weighted by Gasteiger charge is 2.16. The van der Waals surface area contributed by atoms with E-state index >= 15 is 0 Å². The van der Waals surface area contributed by atoms with Gasteiger partial charge in [0.2, 0.25) is 5.91 Å². The van der Waals surface area contributed by atoms with E-state index in [9.17, 15) is 4.79 Å². The van der Waals surface area contributed by atoms with Crippen molar-refractivity contribution in [3.05, 3.63) is 53.9 Å². The zero-order valence-corrected chi connectivity index (χ0v) is 15.1. The van der Waals surface area contributed by atoms with Crippen LogP contribution in [-0.4, -0.2) is 39.8 Å². The smallest absolute Gasteiger partial charge is 0.221 e. The molecule has 3 rings (SSSR count).